The number of carbonyl (C=O) groups excluding carboxylic acids is 1. The van der Waals surface area contributed by atoms with E-state index in [-0.39, 0.29) is 17.2 Å². The van der Waals surface area contributed by atoms with Crippen molar-refractivity contribution in [3.63, 3.8) is 0 Å². The average Bonchev–Trinajstić information content (AvgIpc) is 2.82. The number of carbonyl (C=O) groups is 1. The molecule has 1 atom stereocenters. The minimum atomic E-state index is -4.80. The smallest absolute Gasteiger partial charge is 0.497 e. The minimum Gasteiger partial charge on any atom is -0.497 e. The van der Waals surface area contributed by atoms with Crippen LogP contribution in [0.1, 0.15) is 38.7 Å². The number of rotatable bonds is 5. The largest absolute Gasteiger partial charge is 0.573 e. The number of aryl methyl sites for hydroxylation is 1. The van der Waals surface area contributed by atoms with Gasteiger partial charge in [-0.25, -0.2) is 0 Å². The van der Waals surface area contributed by atoms with Gasteiger partial charge in [-0.05, 0) is 54.8 Å². The molecule has 1 amide bonds. The molecular weight excluding hydrogens is 447 g/mol. The topological polar surface area (TPSA) is 48.0 Å². The molecule has 3 aromatic rings. The lowest BCUT2D eigenvalue weighted by Crippen LogP contribution is -2.40. The summed E-state index contributed by atoms with van der Waals surface area (Å²) in [6.07, 6.45) is -4.22. The first-order chi connectivity index (χ1) is 16.2. The van der Waals surface area contributed by atoms with E-state index in [0.29, 0.717) is 24.5 Å². The Balaban J connectivity index is 1.76. The Hall–Kier alpha value is -3.68. The van der Waals surface area contributed by atoms with Crippen LogP contribution in [0.15, 0.2) is 60.7 Å². The van der Waals surface area contributed by atoms with Gasteiger partial charge in [0.25, 0.3) is 5.91 Å². The minimum absolute atomic E-state index is 0.266. The van der Waals surface area contributed by atoms with Crippen LogP contribution < -0.4 is 14.2 Å². The van der Waals surface area contributed by atoms with Crippen LogP contribution >= 0.6 is 0 Å². The van der Waals surface area contributed by atoms with E-state index in [0.717, 1.165) is 34.4 Å². The van der Waals surface area contributed by atoms with Crippen molar-refractivity contribution in [1.82, 2.24) is 4.90 Å². The van der Waals surface area contributed by atoms with Gasteiger partial charge in [0.15, 0.2) is 0 Å². The first-order valence-electron chi connectivity index (χ1n) is 10.7. The van der Waals surface area contributed by atoms with Crippen LogP contribution in [0.4, 0.5) is 13.2 Å². The van der Waals surface area contributed by atoms with Crippen molar-refractivity contribution in [2.45, 2.75) is 25.7 Å². The Bertz CT molecular complexity index is 1160. The van der Waals surface area contributed by atoms with Crippen molar-refractivity contribution in [3.8, 4) is 17.2 Å². The van der Waals surface area contributed by atoms with Gasteiger partial charge >= 0.3 is 6.36 Å². The number of methoxy groups -OCH3 is 2. The number of ether oxygens (including phenoxy) is 3. The molecular formula is C26H24F3NO4. The Morgan fingerprint density at radius 2 is 1.62 bits per heavy atom. The molecule has 0 N–H and O–H groups in total. The molecule has 0 aliphatic carbocycles. The summed E-state index contributed by atoms with van der Waals surface area (Å²) in [5.41, 5.74) is 4.13. The van der Waals surface area contributed by atoms with Crippen LogP contribution in [-0.4, -0.2) is 37.9 Å². The SMILES string of the molecule is COc1cc2c(c(OC)c1)C(c1ccc(C)cc1)N(C(=O)c1ccc(OC(F)(F)F)cc1)CC2. The molecule has 0 aromatic heterocycles. The van der Waals surface area contributed by atoms with Crippen molar-refractivity contribution >= 4 is 5.91 Å². The quantitative estimate of drug-likeness (QED) is 0.479. The van der Waals surface area contributed by atoms with Crippen LogP contribution in [0.2, 0.25) is 0 Å². The second-order valence-corrected chi connectivity index (χ2v) is 8.04. The molecule has 0 radical (unpaired) electrons. The lowest BCUT2D eigenvalue weighted by atomic mass is 9.86. The third kappa shape index (κ3) is 4.81. The molecule has 1 unspecified atom stereocenters. The summed E-state index contributed by atoms with van der Waals surface area (Å²) in [5, 5.41) is 0. The van der Waals surface area contributed by atoms with E-state index >= 15 is 0 Å². The van der Waals surface area contributed by atoms with Gasteiger partial charge in [-0.3, -0.25) is 4.79 Å². The molecule has 5 nitrogen and oxygen atoms in total. The predicted octanol–water partition coefficient (Wildman–Crippen LogP) is 5.70. The maximum Gasteiger partial charge on any atom is 0.573 e. The molecule has 0 spiro atoms. The van der Waals surface area contributed by atoms with Gasteiger partial charge in [-0.1, -0.05) is 29.8 Å². The first kappa shape index (κ1) is 23.5. The molecule has 1 aliphatic rings. The van der Waals surface area contributed by atoms with Gasteiger partial charge < -0.3 is 19.1 Å². The zero-order valence-electron chi connectivity index (χ0n) is 19.0. The highest BCUT2D eigenvalue weighted by atomic mass is 19.4. The molecule has 8 heteroatoms. The molecule has 4 rings (SSSR count). The number of nitrogens with zero attached hydrogens (tertiary/aromatic N) is 1. The second kappa shape index (κ2) is 9.29. The summed E-state index contributed by atoms with van der Waals surface area (Å²) in [7, 11) is 3.16. The summed E-state index contributed by atoms with van der Waals surface area (Å²) in [6, 6.07) is 16.2. The summed E-state index contributed by atoms with van der Waals surface area (Å²) in [6.45, 7) is 2.40. The maximum atomic E-state index is 13.6. The third-order valence-corrected chi connectivity index (χ3v) is 5.85. The number of halogens is 3. The standard InChI is InChI=1S/C26H24F3NO4/c1-16-4-6-17(7-5-16)24-23-19(14-21(32-2)15-22(23)33-3)12-13-30(24)25(31)18-8-10-20(11-9-18)34-26(27,28)29/h4-11,14-15,24H,12-13H2,1-3H3. The lowest BCUT2D eigenvalue weighted by Gasteiger charge is -2.39. The van der Waals surface area contributed by atoms with Crippen molar-refractivity contribution in [1.29, 1.82) is 0 Å². The highest BCUT2D eigenvalue weighted by Crippen LogP contribution is 2.43. The van der Waals surface area contributed by atoms with Gasteiger partial charge in [0, 0.05) is 23.7 Å². The van der Waals surface area contributed by atoms with Crippen molar-refractivity contribution in [2.24, 2.45) is 0 Å². The van der Waals surface area contributed by atoms with E-state index in [4.69, 9.17) is 9.47 Å². The summed E-state index contributed by atoms with van der Waals surface area (Å²) in [4.78, 5) is 15.3. The van der Waals surface area contributed by atoms with Crippen LogP contribution in [0, 0.1) is 6.92 Å². The third-order valence-electron chi connectivity index (χ3n) is 5.85. The normalized spacial score (nSPS) is 15.5. The van der Waals surface area contributed by atoms with E-state index in [2.05, 4.69) is 4.74 Å². The molecule has 34 heavy (non-hydrogen) atoms. The maximum absolute atomic E-state index is 13.6. The van der Waals surface area contributed by atoms with Crippen molar-refractivity contribution in [2.75, 3.05) is 20.8 Å². The molecule has 0 bridgehead atoms. The molecule has 1 aliphatic heterocycles. The molecule has 0 saturated heterocycles. The Morgan fingerprint density at radius 1 is 0.941 bits per heavy atom. The number of hydrogen-bond donors (Lipinski definition) is 0. The zero-order valence-corrected chi connectivity index (χ0v) is 19.0. The van der Waals surface area contributed by atoms with Crippen molar-refractivity contribution in [3.05, 3.63) is 88.5 Å². The second-order valence-electron chi connectivity index (χ2n) is 8.04. The van der Waals surface area contributed by atoms with Crippen LogP contribution in [-0.2, 0) is 6.42 Å². The fraction of sp³-hybridized carbons (Fsp3) is 0.269. The molecule has 3 aromatic carbocycles. The number of alkyl halides is 3. The first-order valence-corrected chi connectivity index (χ1v) is 10.7. The monoisotopic (exact) mass is 471 g/mol. The van der Waals surface area contributed by atoms with Crippen LogP contribution in [0.5, 0.6) is 17.2 Å². The van der Waals surface area contributed by atoms with Crippen LogP contribution in [0.3, 0.4) is 0 Å². The van der Waals surface area contributed by atoms with E-state index in [1.54, 1.807) is 25.2 Å². The molecule has 1 heterocycles. The van der Waals surface area contributed by atoms with Gasteiger partial charge in [0.1, 0.15) is 17.2 Å². The summed E-state index contributed by atoms with van der Waals surface area (Å²) in [5.74, 6) is 0.592. The Kier molecular flexibility index (Phi) is 6.41. The molecule has 0 fully saturated rings. The van der Waals surface area contributed by atoms with Gasteiger partial charge in [0.05, 0.1) is 20.3 Å². The van der Waals surface area contributed by atoms with E-state index in [9.17, 15) is 18.0 Å². The van der Waals surface area contributed by atoms with Gasteiger partial charge in [0.2, 0.25) is 0 Å². The van der Waals surface area contributed by atoms with Crippen LogP contribution in [0.25, 0.3) is 0 Å². The fourth-order valence-corrected chi connectivity index (χ4v) is 4.27. The Morgan fingerprint density at radius 3 is 2.21 bits per heavy atom. The van der Waals surface area contributed by atoms with E-state index < -0.39 is 12.4 Å². The summed E-state index contributed by atoms with van der Waals surface area (Å²) >= 11 is 0. The van der Waals surface area contributed by atoms with E-state index in [1.165, 1.54) is 12.1 Å². The number of amides is 1. The number of hydrogen-bond acceptors (Lipinski definition) is 4. The number of fused-ring (bicyclic) bond motifs is 1. The average molecular weight is 471 g/mol. The Labute approximate surface area is 195 Å². The van der Waals surface area contributed by atoms with Gasteiger partial charge in [-0.2, -0.15) is 0 Å². The fourth-order valence-electron chi connectivity index (χ4n) is 4.27. The van der Waals surface area contributed by atoms with Gasteiger partial charge in [-0.15, -0.1) is 13.2 Å². The highest BCUT2D eigenvalue weighted by Gasteiger charge is 2.36. The van der Waals surface area contributed by atoms with Crippen molar-refractivity contribution < 1.29 is 32.2 Å². The number of benzene rings is 3. The predicted molar refractivity (Wildman–Crippen MR) is 120 cm³/mol. The molecule has 178 valence electrons. The highest BCUT2D eigenvalue weighted by molar-refractivity contribution is 5.95. The lowest BCUT2D eigenvalue weighted by molar-refractivity contribution is -0.274. The summed E-state index contributed by atoms with van der Waals surface area (Å²) < 4.78 is 52.6. The molecule has 0 saturated carbocycles. The van der Waals surface area contributed by atoms with E-state index in [1.807, 2.05) is 37.3 Å². The zero-order chi connectivity index (χ0) is 24.5.